The minimum absolute atomic E-state index is 0.181. The lowest BCUT2D eigenvalue weighted by Gasteiger charge is -2.13. The average Bonchev–Trinajstić information content (AvgIpc) is 2.41. The van der Waals surface area contributed by atoms with Gasteiger partial charge in [0.2, 0.25) is 0 Å². The number of aryl methyl sites for hydroxylation is 1. The monoisotopic (exact) mass is 290 g/mol. The lowest BCUT2D eigenvalue weighted by atomic mass is 10.1. The molecule has 0 spiro atoms. The third-order valence-electron chi connectivity index (χ3n) is 2.76. The Morgan fingerprint density at radius 2 is 1.86 bits per heavy atom. The van der Waals surface area contributed by atoms with Crippen LogP contribution in [0.5, 0.6) is 0 Å². The molecule has 21 heavy (non-hydrogen) atoms. The van der Waals surface area contributed by atoms with E-state index in [9.17, 15) is 4.79 Å². The van der Waals surface area contributed by atoms with E-state index in [4.69, 9.17) is 4.74 Å². The third-order valence-corrected chi connectivity index (χ3v) is 2.76. The number of hydrogen-bond acceptors (Lipinski definition) is 3. The number of carbonyl (C=O) groups is 1. The summed E-state index contributed by atoms with van der Waals surface area (Å²) in [6.45, 7) is 11.3. The van der Waals surface area contributed by atoms with Gasteiger partial charge >= 0.3 is 0 Å². The SMILES string of the molecule is Cc1ccccc1C(=O)NC(=NCC(C)C)OCC(C)C. The van der Waals surface area contributed by atoms with Gasteiger partial charge in [0.05, 0.1) is 6.61 Å². The van der Waals surface area contributed by atoms with Crippen molar-refractivity contribution in [1.82, 2.24) is 5.32 Å². The molecular weight excluding hydrogens is 264 g/mol. The predicted molar refractivity (Wildman–Crippen MR) is 86.6 cm³/mol. The maximum absolute atomic E-state index is 12.3. The highest BCUT2D eigenvalue weighted by Crippen LogP contribution is 2.07. The van der Waals surface area contributed by atoms with E-state index in [2.05, 4.69) is 38.0 Å². The third kappa shape index (κ3) is 6.43. The standard InChI is InChI=1S/C17H26N2O2/c1-12(2)10-18-17(21-11-13(3)4)19-16(20)15-9-7-6-8-14(15)5/h6-9,12-13H,10-11H2,1-5H3,(H,18,19,20). The van der Waals surface area contributed by atoms with Gasteiger partial charge in [-0.15, -0.1) is 0 Å². The van der Waals surface area contributed by atoms with E-state index < -0.39 is 0 Å². The van der Waals surface area contributed by atoms with Gasteiger partial charge in [0.1, 0.15) is 0 Å². The molecule has 1 N–H and O–H groups in total. The van der Waals surface area contributed by atoms with Crippen LogP contribution in [0, 0.1) is 18.8 Å². The summed E-state index contributed by atoms with van der Waals surface area (Å²) >= 11 is 0. The van der Waals surface area contributed by atoms with Gasteiger partial charge in [0.15, 0.2) is 0 Å². The first-order chi connectivity index (χ1) is 9.90. The molecule has 0 saturated heterocycles. The van der Waals surface area contributed by atoms with Crippen LogP contribution < -0.4 is 5.32 Å². The number of rotatable bonds is 5. The molecule has 0 aliphatic heterocycles. The summed E-state index contributed by atoms with van der Waals surface area (Å²) in [4.78, 5) is 16.6. The molecule has 1 rings (SSSR count). The van der Waals surface area contributed by atoms with Crippen molar-refractivity contribution in [3.05, 3.63) is 35.4 Å². The molecule has 0 aliphatic rings. The minimum Gasteiger partial charge on any atom is -0.465 e. The quantitative estimate of drug-likeness (QED) is 0.667. The Morgan fingerprint density at radius 3 is 2.43 bits per heavy atom. The zero-order valence-corrected chi connectivity index (χ0v) is 13.6. The van der Waals surface area contributed by atoms with E-state index in [1.807, 2.05) is 25.1 Å². The number of hydrogen-bond donors (Lipinski definition) is 1. The Hall–Kier alpha value is -1.84. The van der Waals surface area contributed by atoms with Crippen LogP contribution in [0.25, 0.3) is 0 Å². The zero-order chi connectivity index (χ0) is 15.8. The van der Waals surface area contributed by atoms with Crippen molar-refractivity contribution in [2.45, 2.75) is 34.6 Å². The number of nitrogens with one attached hydrogen (secondary N) is 1. The summed E-state index contributed by atoms with van der Waals surface area (Å²) in [5.74, 6) is 0.613. The minimum atomic E-state index is -0.181. The van der Waals surface area contributed by atoms with Crippen LogP contribution in [-0.4, -0.2) is 25.1 Å². The van der Waals surface area contributed by atoms with Gasteiger partial charge in [0.25, 0.3) is 11.9 Å². The summed E-state index contributed by atoms with van der Waals surface area (Å²) < 4.78 is 5.60. The normalized spacial score (nSPS) is 11.9. The highest BCUT2D eigenvalue weighted by Gasteiger charge is 2.12. The highest BCUT2D eigenvalue weighted by molar-refractivity contribution is 6.04. The van der Waals surface area contributed by atoms with Gasteiger partial charge in [0, 0.05) is 12.1 Å². The molecule has 4 heteroatoms. The molecule has 0 aliphatic carbocycles. The molecule has 0 atom stereocenters. The van der Waals surface area contributed by atoms with Gasteiger partial charge in [-0.1, -0.05) is 45.9 Å². The van der Waals surface area contributed by atoms with Crippen LogP contribution in [0.1, 0.15) is 43.6 Å². The predicted octanol–water partition coefficient (Wildman–Crippen LogP) is 3.41. The van der Waals surface area contributed by atoms with E-state index in [1.54, 1.807) is 6.07 Å². The van der Waals surface area contributed by atoms with Crippen LogP contribution in [0.3, 0.4) is 0 Å². The Labute approximate surface area is 127 Å². The van der Waals surface area contributed by atoms with Gasteiger partial charge in [-0.3, -0.25) is 10.1 Å². The molecule has 1 aromatic carbocycles. The van der Waals surface area contributed by atoms with Crippen molar-refractivity contribution >= 4 is 11.9 Å². The van der Waals surface area contributed by atoms with Crippen molar-refractivity contribution in [3.63, 3.8) is 0 Å². The molecule has 0 radical (unpaired) electrons. The number of nitrogens with zero attached hydrogens (tertiary/aromatic N) is 1. The molecular formula is C17H26N2O2. The van der Waals surface area contributed by atoms with Gasteiger partial charge in [-0.2, -0.15) is 0 Å². The number of ether oxygens (including phenoxy) is 1. The van der Waals surface area contributed by atoms with Crippen molar-refractivity contribution in [3.8, 4) is 0 Å². The molecule has 0 heterocycles. The number of amidine groups is 1. The van der Waals surface area contributed by atoms with E-state index in [0.717, 1.165) is 5.56 Å². The highest BCUT2D eigenvalue weighted by atomic mass is 16.5. The first kappa shape index (κ1) is 17.2. The van der Waals surface area contributed by atoms with Crippen molar-refractivity contribution < 1.29 is 9.53 Å². The van der Waals surface area contributed by atoms with E-state index in [1.165, 1.54) is 0 Å². The molecule has 0 fully saturated rings. The van der Waals surface area contributed by atoms with Crippen molar-refractivity contribution in [2.75, 3.05) is 13.2 Å². The van der Waals surface area contributed by atoms with Gasteiger partial charge in [-0.25, -0.2) is 4.99 Å². The van der Waals surface area contributed by atoms with Crippen LogP contribution in [-0.2, 0) is 4.74 Å². The number of benzene rings is 1. The Balaban J connectivity index is 2.77. The molecule has 116 valence electrons. The zero-order valence-electron chi connectivity index (χ0n) is 13.6. The van der Waals surface area contributed by atoms with Gasteiger partial charge in [-0.05, 0) is 30.4 Å². The van der Waals surface area contributed by atoms with Crippen LogP contribution >= 0.6 is 0 Å². The first-order valence-corrected chi connectivity index (χ1v) is 7.44. The summed E-state index contributed by atoms with van der Waals surface area (Å²) in [5.41, 5.74) is 1.57. The maximum atomic E-state index is 12.3. The Bertz CT molecular complexity index is 493. The number of aliphatic imine (C=N–C) groups is 1. The first-order valence-electron chi connectivity index (χ1n) is 7.44. The maximum Gasteiger partial charge on any atom is 0.291 e. The van der Waals surface area contributed by atoms with Crippen LogP contribution in [0.15, 0.2) is 29.3 Å². The molecule has 0 bridgehead atoms. The number of amides is 1. The largest absolute Gasteiger partial charge is 0.465 e. The summed E-state index contributed by atoms with van der Waals surface area (Å²) in [7, 11) is 0. The van der Waals surface area contributed by atoms with Gasteiger partial charge < -0.3 is 4.74 Å². The Kier molecular flexibility index (Phi) is 6.92. The van der Waals surface area contributed by atoms with E-state index >= 15 is 0 Å². The lowest BCUT2D eigenvalue weighted by molar-refractivity contribution is 0.0962. The van der Waals surface area contributed by atoms with E-state index in [0.29, 0.717) is 36.6 Å². The number of carbonyl (C=O) groups excluding carboxylic acids is 1. The summed E-state index contributed by atoms with van der Waals surface area (Å²) in [6, 6.07) is 7.78. The second-order valence-electron chi connectivity index (χ2n) is 6.01. The van der Waals surface area contributed by atoms with Crippen molar-refractivity contribution in [1.29, 1.82) is 0 Å². The summed E-state index contributed by atoms with van der Waals surface area (Å²) in [5, 5.41) is 2.77. The fraction of sp³-hybridized carbons (Fsp3) is 0.529. The van der Waals surface area contributed by atoms with Crippen molar-refractivity contribution in [2.24, 2.45) is 16.8 Å². The fourth-order valence-corrected chi connectivity index (χ4v) is 1.62. The fourth-order valence-electron chi connectivity index (χ4n) is 1.62. The van der Waals surface area contributed by atoms with E-state index in [-0.39, 0.29) is 5.91 Å². The molecule has 1 aromatic rings. The van der Waals surface area contributed by atoms with Crippen LogP contribution in [0.4, 0.5) is 0 Å². The molecule has 0 aromatic heterocycles. The second kappa shape index (κ2) is 8.45. The smallest absolute Gasteiger partial charge is 0.291 e. The molecule has 0 unspecified atom stereocenters. The topological polar surface area (TPSA) is 50.7 Å². The average molecular weight is 290 g/mol. The molecule has 1 amide bonds. The van der Waals surface area contributed by atoms with Crippen LogP contribution in [0.2, 0.25) is 0 Å². The molecule has 4 nitrogen and oxygen atoms in total. The second-order valence-corrected chi connectivity index (χ2v) is 6.01. The molecule has 0 saturated carbocycles. The lowest BCUT2D eigenvalue weighted by Crippen LogP contribution is -2.34. The Morgan fingerprint density at radius 1 is 1.19 bits per heavy atom. The summed E-state index contributed by atoms with van der Waals surface area (Å²) in [6.07, 6.45) is 0.